The number of ether oxygens (including phenoxy) is 2. The molecule has 0 atom stereocenters. The second-order valence-electron chi connectivity index (χ2n) is 5.00. The number of benzene rings is 2. The van der Waals surface area contributed by atoms with Gasteiger partial charge in [-0.3, -0.25) is 4.79 Å². The molecule has 0 heterocycles. The summed E-state index contributed by atoms with van der Waals surface area (Å²) >= 11 is 0. The van der Waals surface area contributed by atoms with E-state index in [0.29, 0.717) is 11.3 Å². The van der Waals surface area contributed by atoms with Gasteiger partial charge >= 0.3 is 6.36 Å². The highest BCUT2D eigenvalue weighted by molar-refractivity contribution is 5.78. The SMILES string of the molecule is COc1cccc(CC(=O)NCc2ccc(OC(F)(F)F)cc2)c1. The van der Waals surface area contributed by atoms with E-state index >= 15 is 0 Å². The summed E-state index contributed by atoms with van der Waals surface area (Å²) in [6.07, 6.45) is -4.53. The number of hydrogen-bond donors (Lipinski definition) is 1. The van der Waals surface area contributed by atoms with E-state index in [1.807, 2.05) is 6.07 Å². The lowest BCUT2D eigenvalue weighted by atomic mass is 10.1. The zero-order chi connectivity index (χ0) is 17.6. The average molecular weight is 339 g/mol. The predicted molar refractivity (Wildman–Crippen MR) is 81.7 cm³/mol. The molecule has 0 aliphatic rings. The summed E-state index contributed by atoms with van der Waals surface area (Å²) in [6, 6.07) is 12.5. The third-order valence-electron chi connectivity index (χ3n) is 3.15. The molecule has 24 heavy (non-hydrogen) atoms. The second kappa shape index (κ2) is 7.72. The molecule has 128 valence electrons. The van der Waals surface area contributed by atoms with E-state index < -0.39 is 6.36 Å². The number of amides is 1. The molecule has 0 saturated heterocycles. The fourth-order valence-electron chi connectivity index (χ4n) is 2.04. The number of alkyl halides is 3. The molecular formula is C17H16F3NO3. The van der Waals surface area contributed by atoms with E-state index in [-0.39, 0.29) is 24.6 Å². The van der Waals surface area contributed by atoms with Crippen molar-refractivity contribution in [1.29, 1.82) is 0 Å². The van der Waals surface area contributed by atoms with E-state index in [4.69, 9.17) is 4.74 Å². The third-order valence-corrected chi connectivity index (χ3v) is 3.15. The first kappa shape index (κ1) is 17.7. The van der Waals surface area contributed by atoms with Gasteiger partial charge in [-0.2, -0.15) is 0 Å². The Labute approximate surface area is 137 Å². The van der Waals surface area contributed by atoms with E-state index in [0.717, 1.165) is 5.56 Å². The van der Waals surface area contributed by atoms with Gasteiger partial charge in [0.1, 0.15) is 11.5 Å². The Morgan fingerprint density at radius 1 is 1.04 bits per heavy atom. The number of halogens is 3. The summed E-state index contributed by atoms with van der Waals surface area (Å²) in [6.45, 7) is 0.217. The van der Waals surface area contributed by atoms with Gasteiger partial charge in [0.2, 0.25) is 5.91 Å². The molecule has 7 heteroatoms. The fraction of sp³-hybridized carbons (Fsp3) is 0.235. The Hall–Kier alpha value is -2.70. The maximum absolute atomic E-state index is 12.1. The van der Waals surface area contributed by atoms with Gasteiger partial charge < -0.3 is 14.8 Å². The maximum Gasteiger partial charge on any atom is 0.573 e. The zero-order valence-corrected chi connectivity index (χ0v) is 12.9. The number of carbonyl (C=O) groups is 1. The Bertz CT molecular complexity index is 684. The molecule has 4 nitrogen and oxygen atoms in total. The van der Waals surface area contributed by atoms with E-state index in [2.05, 4.69) is 10.1 Å². The van der Waals surface area contributed by atoms with Gasteiger partial charge in [0, 0.05) is 6.54 Å². The van der Waals surface area contributed by atoms with Gasteiger partial charge in [-0.1, -0.05) is 24.3 Å². The minimum Gasteiger partial charge on any atom is -0.497 e. The van der Waals surface area contributed by atoms with E-state index in [9.17, 15) is 18.0 Å². The fourth-order valence-corrected chi connectivity index (χ4v) is 2.04. The van der Waals surface area contributed by atoms with E-state index in [1.54, 1.807) is 25.3 Å². The molecule has 0 bridgehead atoms. The van der Waals surface area contributed by atoms with Crippen LogP contribution in [-0.4, -0.2) is 19.4 Å². The maximum atomic E-state index is 12.1. The largest absolute Gasteiger partial charge is 0.573 e. The predicted octanol–water partition coefficient (Wildman–Crippen LogP) is 3.45. The highest BCUT2D eigenvalue weighted by Crippen LogP contribution is 2.22. The Morgan fingerprint density at radius 3 is 2.38 bits per heavy atom. The smallest absolute Gasteiger partial charge is 0.497 e. The number of rotatable bonds is 6. The van der Waals surface area contributed by atoms with Crippen molar-refractivity contribution in [2.24, 2.45) is 0 Å². The third kappa shape index (κ3) is 5.83. The first-order valence-electron chi connectivity index (χ1n) is 7.10. The van der Waals surface area contributed by atoms with Crippen LogP contribution in [0.15, 0.2) is 48.5 Å². The van der Waals surface area contributed by atoms with Crippen LogP contribution in [0.4, 0.5) is 13.2 Å². The quantitative estimate of drug-likeness (QED) is 0.877. The summed E-state index contributed by atoms with van der Waals surface area (Å²) in [5.74, 6) is 0.174. The van der Waals surface area contributed by atoms with Gasteiger partial charge in [0.15, 0.2) is 0 Å². The molecule has 0 unspecified atom stereocenters. The number of carbonyl (C=O) groups excluding carboxylic acids is 1. The Morgan fingerprint density at radius 2 is 1.75 bits per heavy atom. The monoisotopic (exact) mass is 339 g/mol. The van der Waals surface area contributed by atoms with Crippen LogP contribution in [0.3, 0.4) is 0 Å². The van der Waals surface area contributed by atoms with E-state index in [1.165, 1.54) is 24.3 Å². The number of nitrogens with one attached hydrogen (secondary N) is 1. The van der Waals surface area contributed by atoms with Crippen LogP contribution >= 0.6 is 0 Å². The van der Waals surface area contributed by atoms with Crippen molar-refractivity contribution in [1.82, 2.24) is 5.32 Å². The molecule has 1 N–H and O–H groups in total. The molecule has 2 aromatic carbocycles. The first-order valence-corrected chi connectivity index (χ1v) is 7.10. The van der Waals surface area contributed by atoms with Gasteiger partial charge in [-0.05, 0) is 35.4 Å². The molecule has 0 aliphatic heterocycles. The Balaban J connectivity index is 1.85. The van der Waals surface area contributed by atoms with Crippen molar-refractivity contribution >= 4 is 5.91 Å². The summed E-state index contributed by atoms with van der Waals surface area (Å²) in [5.41, 5.74) is 1.48. The molecule has 1 amide bonds. The van der Waals surface area contributed by atoms with Crippen molar-refractivity contribution in [3.8, 4) is 11.5 Å². The molecule has 0 aliphatic carbocycles. The summed E-state index contributed by atoms with van der Waals surface area (Å²) in [7, 11) is 1.55. The lowest BCUT2D eigenvalue weighted by molar-refractivity contribution is -0.274. The molecule has 0 aromatic heterocycles. The van der Waals surface area contributed by atoms with Crippen molar-refractivity contribution in [3.05, 3.63) is 59.7 Å². The van der Waals surface area contributed by atoms with Crippen LogP contribution in [0.2, 0.25) is 0 Å². The van der Waals surface area contributed by atoms with Crippen molar-refractivity contribution in [3.63, 3.8) is 0 Å². The molecule has 0 fully saturated rings. The molecule has 0 radical (unpaired) electrons. The Kier molecular flexibility index (Phi) is 5.68. The van der Waals surface area contributed by atoms with Crippen molar-refractivity contribution in [2.75, 3.05) is 7.11 Å². The molecule has 0 saturated carbocycles. The number of methoxy groups -OCH3 is 1. The summed E-state index contributed by atoms with van der Waals surface area (Å²) < 4.78 is 45.1. The van der Waals surface area contributed by atoms with Crippen LogP contribution in [0, 0.1) is 0 Å². The highest BCUT2D eigenvalue weighted by atomic mass is 19.4. The molecule has 0 spiro atoms. The van der Waals surface area contributed by atoms with Gasteiger partial charge in [-0.15, -0.1) is 13.2 Å². The standard InChI is InChI=1S/C17H16F3NO3/c1-23-15-4-2-3-13(9-15)10-16(22)21-11-12-5-7-14(8-6-12)24-17(18,19)20/h2-9H,10-11H2,1H3,(H,21,22). The van der Waals surface area contributed by atoms with Crippen molar-refractivity contribution in [2.45, 2.75) is 19.3 Å². The van der Waals surface area contributed by atoms with Gasteiger partial charge in [0.05, 0.1) is 13.5 Å². The molecule has 2 aromatic rings. The van der Waals surface area contributed by atoms with Crippen LogP contribution in [-0.2, 0) is 17.8 Å². The molecular weight excluding hydrogens is 323 g/mol. The first-order chi connectivity index (χ1) is 11.4. The lowest BCUT2D eigenvalue weighted by Gasteiger charge is -2.10. The minimum absolute atomic E-state index is 0.187. The summed E-state index contributed by atoms with van der Waals surface area (Å²) in [5, 5.41) is 2.71. The second-order valence-corrected chi connectivity index (χ2v) is 5.00. The minimum atomic E-state index is -4.72. The highest BCUT2D eigenvalue weighted by Gasteiger charge is 2.30. The van der Waals surface area contributed by atoms with Crippen molar-refractivity contribution < 1.29 is 27.4 Å². The van der Waals surface area contributed by atoms with Crippen LogP contribution < -0.4 is 14.8 Å². The topological polar surface area (TPSA) is 47.6 Å². The lowest BCUT2D eigenvalue weighted by Crippen LogP contribution is -2.24. The van der Waals surface area contributed by atoms with Crippen LogP contribution in [0.5, 0.6) is 11.5 Å². The summed E-state index contributed by atoms with van der Waals surface area (Å²) in [4.78, 5) is 11.9. The zero-order valence-electron chi connectivity index (χ0n) is 12.9. The average Bonchev–Trinajstić information content (AvgIpc) is 2.53. The van der Waals surface area contributed by atoms with Gasteiger partial charge in [0.25, 0.3) is 0 Å². The number of hydrogen-bond acceptors (Lipinski definition) is 3. The van der Waals surface area contributed by atoms with Gasteiger partial charge in [-0.25, -0.2) is 0 Å². The van der Waals surface area contributed by atoms with Crippen LogP contribution in [0.1, 0.15) is 11.1 Å². The normalized spacial score (nSPS) is 11.0. The van der Waals surface area contributed by atoms with Crippen LogP contribution in [0.25, 0.3) is 0 Å². The molecule has 2 rings (SSSR count).